The van der Waals surface area contributed by atoms with Gasteiger partial charge in [0.05, 0.1) is 16.3 Å². The fourth-order valence-electron chi connectivity index (χ4n) is 3.17. The molecule has 0 amide bonds. The van der Waals surface area contributed by atoms with Gasteiger partial charge in [-0.15, -0.1) is 0 Å². The first kappa shape index (κ1) is 17.1. The van der Waals surface area contributed by atoms with Gasteiger partial charge in [0.1, 0.15) is 0 Å². The molecule has 0 spiro atoms. The lowest BCUT2D eigenvalue weighted by atomic mass is 10.0. The van der Waals surface area contributed by atoms with Crippen LogP contribution in [0.15, 0.2) is 75.4 Å². The summed E-state index contributed by atoms with van der Waals surface area (Å²) < 4.78 is 33.0. The van der Waals surface area contributed by atoms with Crippen molar-refractivity contribution in [3.63, 3.8) is 0 Å². The molecule has 1 aliphatic heterocycles. The minimum Gasteiger partial charge on any atom is -0.353 e. The number of rotatable bonds is 3. The zero-order chi connectivity index (χ0) is 18.3. The van der Waals surface area contributed by atoms with Crippen molar-refractivity contribution in [1.29, 1.82) is 0 Å². The lowest BCUT2D eigenvalue weighted by Gasteiger charge is -2.23. The van der Waals surface area contributed by atoms with Crippen molar-refractivity contribution in [2.45, 2.75) is 28.0 Å². The monoisotopic (exact) mass is 383 g/mol. The fraction of sp³-hybridized carbons (Fsp3) is 0.100. The maximum atomic E-state index is 11.7. The number of benzene rings is 3. The lowest BCUT2D eigenvalue weighted by molar-refractivity contribution is 0.482. The van der Waals surface area contributed by atoms with Crippen LogP contribution in [0, 0.1) is 6.92 Å². The predicted molar refractivity (Wildman–Crippen MR) is 104 cm³/mol. The summed E-state index contributed by atoms with van der Waals surface area (Å²) in [5, 5.41) is 3.47. The van der Waals surface area contributed by atoms with Gasteiger partial charge in [-0.25, -0.2) is 0 Å². The summed E-state index contributed by atoms with van der Waals surface area (Å²) in [6, 6.07) is 19.1. The number of aryl methyl sites for hydroxylation is 1. The molecule has 4 nitrogen and oxygen atoms in total. The van der Waals surface area contributed by atoms with Crippen molar-refractivity contribution in [3.05, 3.63) is 77.4 Å². The molecule has 1 aliphatic rings. The van der Waals surface area contributed by atoms with E-state index in [2.05, 4.69) is 11.4 Å². The van der Waals surface area contributed by atoms with E-state index < -0.39 is 10.1 Å². The van der Waals surface area contributed by atoms with Gasteiger partial charge in [0.15, 0.2) is 0 Å². The van der Waals surface area contributed by atoms with E-state index in [1.54, 1.807) is 17.8 Å². The number of fused-ring (bicyclic) bond motifs is 2. The van der Waals surface area contributed by atoms with Crippen molar-refractivity contribution >= 4 is 33.3 Å². The third-order valence-corrected chi connectivity index (χ3v) is 6.44. The van der Waals surface area contributed by atoms with E-state index in [4.69, 9.17) is 0 Å². The van der Waals surface area contributed by atoms with Crippen LogP contribution in [0.25, 0.3) is 0 Å². The minimum atomic E-state index is -4.27. The highest BCUT2D eigenvalue weighted by Crippen LogP contribution is 2.45. The van der Waals surface area contributed by atoms with Crippen molar-refractivity contribution in [1.82, 2.24) is 0 Å². The largest absolute Gasteiger partial charge is 0.353 e. The standard InChI is InChI=1S/C20H17NO3S2/c1-13-9-10-19(26(22,23)24)15(11-13)12-14-5-4-8-18-20(14)21-16-6-2-3-7-17(16)25-18/h2-11,21H,12H2,1H3,(H,22,23,24). The molecule has 3 aromatic carbocycles. The van der Waals surface area contributed by atoms with Crippen molar-refractivity contribution in [2.24, 2.45) is 0 Å². The molecule has 3 aromatic rings. The second kappa shape index (κ2) is 6.46. The van der Waals surface area contributed by atoms with Crippen LogP contribution in [-0.2, 0) is 16.5 Å². The Morgan fingerprint density at radius 3 is 2.54 bits per heavy atom. The second-order valence-corrected chi connectivity index (χ2v) is 8.75. The Labute approximate surface area is 157 Å². The van der Waals surface area contributed by atoms with Gasteiger partial charge < -0.3 is 5.32 Å². The number of hydrogen-bond acceptors (Lipinski definition) is 4. The van der Waals surface area contributed by atoms with Crippen LogP contribution in [0.5, 0.6) is 0 Å². The van der Waals surface area contributed by atoms with E-state index in [-0.39, 0.29) is 4.90 Å². The average Bonchev–Trinajstić information content (AvgIpc) is 2.59. The van der Waals surface area contributed by atoms with Crippen molar-refractivity contribution in [3.8, 4) is 0 Å². The maximum absolute atomic E-state index is 11.7. The van der Waals surface area contributed by atoms with Gasteiger partial charge in [-0.2, -0.15) is 8.42 Å². The Morgan fingerprint density at radius 2 is 1.73 bits per heavy atom. The molecule has 132 valence electrons. The highest BCUT2D eigenvalue weighted by atomic mass is 32.2. The van der Waals surface area contributed by atoms with Crippen LogP contribution >= 0.6 is 11.8 Å². The summed E-state index contributed by atoms with van der Waals surface area (Å²) >= 11 is 1.69. The summed E-state index contributed by atoms with van der Waals surface area (Å²) in [6.07, 6.45) is 0.412. The molecular formula is C20H17NO3S2. The summed E-state index contributed by atoms with van der Waals surface area (Å²) in [5.41, 5.74) is 4.55. The number of hydrogen-bond donors (Lipinski definition) is 2. The molecule has 0 bridgehead atoms. The fourth-order valence-corrected chi connectivity index (χ4v) is 4.91. The van der Waals surface area contributed by atoms with Gasteiger partial charge in [0, 0.05) is 16.2 Å². The first-order chi connectivity index (χ1) is 12.4. The Kier molecular flexibility index (Phi) is 4.26. The smallest absolute Gasteiger partial charge is 0.294 e. The minimum absolute atomic E-state index is 0.0374. The van der Waals surface area contributed by atoms with Crippen LogP contribution in [0.1, 0.15) is 16.7 Å². The summed E-state index contributed by atoms with van der Waals surface area (Å²) in [4.78, 5) is 2.22. The van der Waals surface area contributed by atoms with E-state index in [9.17, 15) is 13.0 Å². The van der Waals surface area contributed by atoms with E-state index in [1.807, 2.05) is 49.4 Å². The normalized spacial score (nSPS) is 12.8. The van der Waals surface area contributed by atoms with Crippen molar-refractivity contribution < 1.29 is 13.0 Å². The molecule has 0 fully saturated rings. The Hall–Kier alpha value is -2.28. The highest BCUT2D eigenvalue weighted by Gasteiger charge is 2.20. The third kappa shape index (κ3) is 3.23. The maximum Gasteiger partial charge on any atom is 0.294 e. The van der Waals surface area contributed by atoms with Gasteiger partial charge >= 0.3 is 0 Å². The van der Waals surface area contributed by atoms with Gasteiger partial charge in [-0.3, -0.25) is 4.55 Å². The molecule has 0 radical (unpaired) electrons. The molecule has 1 heterocycles. The molecular weight excluding hydrogens is 366 g/mol. The van der Waals surface area contributed by atoms with Crippen LogP contribution in [0.3, 0.4) is 0 Å². The molecule has 4 rings (SSSR count). The average molecular weight is 383 g/mol. The van der Waals surface area contributed by atoms with E-state index >= 15 is 0 Å². The first-order valence-electron chi connectivity index (χ1n) is 8.14. The molecule has 0 unspecified atom stereocenters. The zero-order valence-electron chi connectivity index (χ0n) is 14.1. The van der Waals surface area contributed by atoms with Gasteiger partial charge in [0.2, 0.25) is 0 Å². The van der Waals surface area contributed by atoms with Crippen LogP contribution in [-0.4, -0.2) is 13.0 Å². The van der Waals surface area contributed by atoms with Gasteiger partial charge in [-0.1, -0.05) is 53.7 Å². The first-order valence-corrected chi connectivity index (χ1v) is 10.4. The molecule has 0 aromatic heterocycles. The molecule has 0 saturated carbocycles. The molecule has 0 atom stereocenters. The van der Waals surface area contributed by atoms with Gasteiger partial charge in [-0.05, 0) is 42.3 Å². The molecule has 2 N–H and O–H groups in total. The van der Waals surface area contributed by atoms with Crippen LogP contribution in [0.2, 0.25) is 0 Å². The molecule has 0 aliphatic carbocycles. The Bertz CT molecular complexity index is 1110. The molecule has 0 saturated heterocycles. The van der Waals surface area contributed by atoms with Gasteiger partial charge in [0.25, 0.3) is 10.1 Å². The van der Waals surface area contributed by atoms with Crippen LogP contribution < -0.4 is 5.32 Å². The van der Waals surface area contributed by atoms with E-state index in [0.717, 1.165) is 32.3 Å². The SMILES string of the molecule is Cc1ccc(S(=O)(=O)O)c(Cc2cccc3c2Nc2ccccc2S3)c1. The Morgan fingerprint density at radius 1 is 0.962 bits per heavy atom. The topological polar surface area (TPSA) is 66.4 Å². The number of nitrogens with one attached hydrogen (secondary N) is 1. The van der Waals surface area contributed by atoms with Crippen molar-refractivity contribution in [2.75, 3.05) is 5.32 Å². The zero-order valence-corrected chi connectivity index (χ0v) is 15.7. The second-order valence-electron chi connectivity index (χ2n) is 6.28. The van der Waals surface area contributed by atoms with E-state index in [1.165, 1.54) is 6.07 Å². The number of anilines is 2. The molecule has 26 heavy (non-hydrogen) atoms. The quantitative estimate of drug-likeness (QED) is 0.485. The third-order valence-electron chi connectivity index (χ3n) is 4.35. The highest BCUT2D eigenvalue weighted by molar-refractivity contribution is 7.99. The summed E-state index contributed by atoms with van der Waals surface area (Å²) in [6.45, 7) is 1.90. The lowest BCUT2D eigenvalue weighted by Crippen LogP contribution is -2.07. The predicted octanol–water partition coefficient (Wildman–Crippen LogP) is 5.04. The summed E-state index contributed by atoms with van der Waals surface area (Å²) in [5.74, 6) is 0. The molecule has 6 heteroatoms. The Balaban J connectivity index is 1.78. The summed E-state index contributed by atoms with van der Waals surface area (Å²) in [7, 11) is -4.27. The van der Waals surface area contributed by atoms with E-state index in [0.29, 0.717) is 12.0 Å². The number of para-hydroxylation sites is 2. The van der Waals surface area contributed by atoms with Crippen LogP contribution in [0.4, 0.5) is 11.4 Å².